The summed E-state index contributed by atoms with van der Waals surface area (Å²) < 4.78 is 0. The van der Waals surface area contributed by atoms with Crippen LogP contribution in [0.15, 0.2) is 0 Å². The lowest BCUT2D eigenvalue weighted by Gasteiger charge is -2.35. The Morgan fingerprint density at radius 3 is 1.84 bits per heavy atom. The van der Waals surface area contributed by atoms with Crippen molar-refractivity contribution in [3.05, 3.63) is 0 Å². The summed E-state index contributed by atoms with van der Waals surface area (Å²) in [7, 11) is 2.15. The molecule has 0 aliphatic heterocycles. The maximum atomic E-state index is 3.61. The average molecular weight is 268 g/mol. The number of rotatable bonds is 8. The monoisotopic (exact) mass is 268 g/mol. The van der Waals surface area contributed by atoms with E-state index in [0.717, 1.165) is 17.8 Å². The van der Waals surface area contributed by atoms with Crippen molar-refractivity contribution in [1.82, 2.24) is 10.2 Å². The average Bonchev–Trinajstić information content (AvgIpc) is 2.35. The molecule has 0 radical (unpaired) electrons. The fraction of sp³-hybridized carbons (Fsp3) is 1.00. The lowest BCUT2D eigenvalue weighted by molar-refractivity contribution is 0.162. The molecule has 0 saturated heterocycles. The molecule has 0 aromatic heterocycles. The minimum atomic E-state index is 0.692. The molecular formula is C17H36N2. The Morgan fingerprint density at radius 1 is 0.895 bits per heavy atom. The number of nitrogens with one attached hydrogen (secondary N) is 1. The summed E-state index contributed by atoms with van der Waals surface area (Å²) in [5.74, 6) is 2.44. The van der Waals surface area contributed by atoms with Crippen LogP contribution in [0.4, 0.5) is 0 Å². The van der Waals surface area contributed by atoms with E-state index in [4.69, 9.17) is 0 Å². The van der Waals surface area contributed by atoms with Gasteiger partial charge in [0, 0.05) is 25.7 Å². The van der Waals surface area contributed by atoms with Gasteiger partial charge in [0.1, 0.15) is 0 Å². The maximum Gasteiger partial charge on any atom is 0.0220 e. The fourth-order valence-corrected chi connectivity index (χ4v) is 3.55. The summed E-state index contributed by atoms with van der Waals surface area (Å²) in [6.07, 6.45) is 7.20. The Labute approximate surface area is 121 Å². The van der Waals surface area contributed by atoms with Crippen molar-refractivity contribution in [2.45, 2.75) is 65.8 Å². The molecule has 0 heterocycles. The van der Waals surface area contributed by atoms with E-state index in [9.17, 15) is 0 Å². The van der Waals surface area contributed by atoms with Crippen molar-refractivity contribution in [1.29, 1.82) is 0 Å². The van der Waals surface area contributed by atoms with Gasteiger partial charge in [-0.3, -0.25) is 0 Å². The zero-order chi connectivity index (χ0) is 14.3. The first kappa shape index (κ1) is 17.0. The molecule has 0 amide bonds. The molecule has 1 aliphatic rings. The van der Waals surface area contributed by atoms with Gasteiger partial charge in [0.25, 0.3) is 0 Å². The van der Waals surface area contributed by atoms with Crippen LogP contribution in [0.3, 0.4) is 0 Å². The van der Waals surface area contributed by atoms with Crippen LogP contribution in [0.25, 0.3) is 0 Å². The Balaban J connectivity index is 2.52. The normalized spacial score (nSPS) is 19.6. The second-order valence-electron chi connectivity index (χ2n) is 7.30. The lowest BCUT2D eigenvalue weighted by atomic mass is 9.83. The molecule has 2 nitrogen and oxygen atoms in total. The molecule has 0 bridgehead atoms. The number of hydrogen-bond donors (Lipinski definition) is 1. The van der Waals surface area contributed by atoms with Gasteiger partial charge in [0.2, 0.25) is 0 Å². The van der Waals surface area contributed by atoms with Gasteiger partial charge in [-0.15, -0.1) is 0 Å². The zero-order valence-electron chi connectivity index (χ0n) is 13.9. The van der Waals surface area contributed by atoms with Gasteiger partial charge in [-0.25, -0.2) is 0 Å². The van der Waals surface area contributed by atoms with E-state index in [2.05, 4.69) is 45.0 Å². The topological polar surface area (TPSA) is 15.3 Å². The summed E-state index contributed by atoms with van der Waals surface area (Å²) in [6.45, 7) is 13.1. The third-order valence-corrected chi connectivity index (χ3v) is 4.29. The van der Waals surface area contributed by atoms with Crippen molar-refractivity contribution >= 4 is 0 Å². The smallest absolute Gasteiger partial charge is 0.0220 e. The summed E-state index contributed by atoms with van der Waals surface area (Å²) in [6, 6.07) is 0.692. The van der Waals surface area contributed by atoms with Crippen molar-refractivity contribution < 1.29 is 0 Å². The van der Waals surface area contributed by atoms with Crippen LogP contribution < -0.4 is 5.32 Å². The van der Waals surface area contributed by atoms with Crippen molar-refractivity contribution in [3.63, 3.8) is 0 Å². The van der Waals surface area contributed by atoms with Gasteiger partial charge in [-0.05, 0) is 37.6 Å². The minimum Gasteiger partial charge on any atom is -0.315 e. The number of hydrogen-bond acceptors (Lipinski definition) is 2. The van der Waals surface area contributed by atoms with Crippen LogP contribution in [0, 0.1) is 17.8 Å². The van der Waals surface area contributed by atoms with Gasteiger partial charge in [-0.2, -0.15) is 0 Å². The standard InChI is InChI=1S/C17H36N2/c1-14(2)11-19(12-15(3)4)13-17(18-5)16-9-7-6-8-10-16/h14-18H,6-13H2,1-5H3. The highest BCUT2D eigenvalue weighted by Gasteiger charge is 2.24. The van der Waals surface area contributed by atoms with Gasteiger partial charge in [0.15, 0.2) is 0 Å². The molecule has 114 valence electrons. The second-order valence-corrected chi connectivity index (χ2v) is 7.30. The molecular weight excluding hydrogens is 232 g/mol. The van der Waals surface area contributed by atoms with E-state index in [-0.39, 0.29) is 0 Å². The van der Waals surface area contributed by atoms with Crippen LogP contribution in [-0.4, -0.2) is 37.6 Å². The van der Waals surface area contributed by atoms with Crippen molar-refractivity contribution in [3.8, 4) is 0 Å². The molecule has 0 aromatic carbocycles. The highest BCUT2D eigenvalue weighted by Crippen LogP contribution is 2.27. The van der Waals surface area contributed by atoms with E-state index >= 15 is 0 Å². The first-order valence-electron chi connectivity index (χ1n) is 8.42. The first-order chi connectivity index (χ1) is 9.02. The van der Waals surface area contributed by atoms with Gasteiger partial charge in [-0.1, -0.05) is 47.0 Å². The van der Waals surface area contributed by atoms with Crippen LogP contribution in [0.2, 0.25) is 0 Å². The molecule has 0 aromatic rings. The Bertz CT molecular complexity index is 209. The second kappa shape index (κ2) is 8.97. The van der Waals surface area contributed by atoms with Crippen LogP contribution in [0.5, 0.6) is 0 Å². The molecule has 2 heteroatoms. The van der Waals surface area contributed by atoms with Crippen LogP contribution >= 0.6 is 0 Å². The number of nitrogens with zero attached hydrogens (tertiary/aromatic N) is 1. The third-order valence-electron chi connectivity index (χ3n) is 4.29. The fourth-order valence-electron chi connectivity index (χ4n) is 3.55. The predicted molar refractivity (Wildman–Crippen MR) is 85.5 cm³/mol. The predicted octanol–water partition coefficient (Wildman–Crippen LogP) is 3.77. The first-order valence-corrected chi connectivity index (χ1v) is 8.42. The largest absolute Gasteiger partial charge is 0.315 e. The molecule has 1 rings (SSSR count). The quantitative estimate of drug-likeness (QED) is 0.721. The molecule has 1 unspecified atom stereocenters. The molecule has 1 fully saturated rings. The Hall–Kier alpha value is -0.0800. The van der Waals surface area contributed by atoms with E-state index in [1.54, 1.807) is 0 Å². The molecule has 19 heavy (non-hydrogen) atoms. The van der Waals surface area contributed by atoms with E-state index < -0.39 is 0 Å². The summed E-state index contributed by atoms with van der Waals surface area (Å²) >= 11 is 0. The van der Waals surface area contributed by atoms with E-state index in [0.29, 0.717) is 6.04 Å². The third kappa shape index (κ3) is 6.76. The van der Waals surface area contributed by atoms with E-state index in [1.165, 1.54) is 51.7 Å². The maximum absolute atomic E-state index is 3.61. The molecule has 0 spiro atoms. The highest BCUT2D eigenvalue weighted by atomic mass is 15.1. The Kier molecular flexibility index (Phi) is 8.01. The van der Waals surface area contributed by atoms with Crippen LogP contribution in [0.1, 0.15) is 59.8 Å². The zero-order valence-corrected chi connectivity index (χ0v) is 13.9. The van der Waals surface area contributed by atoms with Gasteiger partial charge >= 0.3 is 0 Å². The summed E-state index contributed by atoms with van der Waals surface area (Å²) in [5, 5.41) is 3.61. The van der Waals surface area contributed by atoms with Crippen molar-refractivity contribution in [2.24, 2.45) is 17.8 Å². The molecule has 1 aliphatic carbocycles. The summed E-state index contributed by atoms with van der Waals surface area (Å²) in [4.78, 5) is 2.69. The van der Waals surface area contributed by atoms with Crippen molar-refractivity contribution in [2.75, 3.05) is 26.7 Å². The molecule has 1 N–H and O–H groups in total. The van der Waals surface area contributed by atoms with Gasteiger partial charge < -0.3 is 10.2 Å². The highest BCUT2D eigenvalue weighted by molar-refractivity contribution is 4.81. The van der Waals surface area contributed by atoms with E-state index in [1.807, 2.05) is 0 Å². The lowest BCUT2D eigenvalue weighted by Crippen LogP contribution is -2.46. The molecule has 1 atom stereocenters. The van der Waals surface area contributed by atoms with Crippen LogP contribution in [-0.2, 0) is 0 Å². The SMILES string of the molecule is CNC(CN(CC(C)C)CC(C)C)C1CCCCC1. The minimum absolute atomic E-state index is 0.692. The summed E-state index contributed by atoms with van der Waals surface area (Å²) in [5.41, 5.74) is 0. The Morgan fingerprint density at radius 2 is 1.42 bits per heavy atom. The molecule has 1 saturated carbocycles. The van der Waals surface area contributed by atoms with Gasteiger partial charge in [0.05, 0.1) is 0 Å². The number of likely N-dealkylation sites (N-methyl/N-ethyl adjacent to an activating group) is 1.